The molecule has 1 aromatic heterocycles. The second kappa shape index (κ2) is 9.68. The van der Waals surface area contributed by atoms with E-state index in [0.717, 1.165) is 16.5 Å². The number of halogens is 1. The van der Waals surface area contributed by atoms with Gasteiger partial charge in [0.25, 0.3) is 5.91 Å². The summed E-state index contributed by atoms with van der Waals surface area (Å²) in [5.74, 6) is -0.968. The first-order valence-corrected chi connectivity index (χ1v) is 12.2. The van der Waals surface area contributed by atoms with Gasteiger partial charge in [0.15, 0.2) is 0 Å². The van der Waals surface area contributed by atoms with Crippen molar-refractivity contribution in [1.29, 1.82) is 0 Å². The number of amides is 2. The van der Waals surface area contributed by atoms with E-state index < -0.39 is 27.9 Å². The van der Waals surface area contributed by atoms with Gasteiger partial charge in [-0.15, -0.1) is 0 Å². The molecule has 0 aliphatic carbocycles. The van der Waals surface area contributed by atoms with E-state index in [9.17, 15) is 18.0 Å². The molecule has 0 unspecified atom stereocenters. The molecule has 5 N–H and O–H groups in total. The van der Waals surface area contributed by atoms with Crippen molar-refractivity contribution in [1.82, 2.24) is 10.3 Å². The largest absolute Gasteiger partial charge is 0.361 e. The lowest BCUT2D eigenvalue weighted by molar-refractivity contribution is -0.118. The van der Waals surface area contributed by atoms with Crippen molar-refractivity contribution in [3.05, 3.63) is 95.1 Å². The minimum absolute atomic E-state index is 0.0761. The van der Waals surface area contributed by atoms with E-state index in [1.54, 1.807) is 30.5 Å². The third-order valence-electron chi connectivity index (χ3n) is 5.29. The molecule has 0 bridgehead atoms. The van der Waals surface area contributed by atoms with Crippen molar-refractivity contribution in [2.45, 2.75) is 17.4 Å². The molecule has 0 saturated carbocycles. The number of carbonyl (C=O) groups excluding carboxylic acids is 2. The lowest BCUT2D eigenvalue weighted by Gasteiger charge is -2.19. The fourth-order valence-corrected chi connectivity index (χ4v) is 4.31. The van der Waals surface area contributed by atoms with Crippen LogP contribution in [-0.4, -0.2) is 31.3 Å². The van der Waals surface area contributed by atoms with Gasteiger partial charge >= 0.3 is 0 Å². The second-order valence-electron chi connectivity index (χ2n) is 7.63. The van der Waals surface area contributed by atoms with Gasteiger partial charge in [-0.2, -0.15) is 0 Å². The molecule has 2 amide bonds. The number of anilines is 1. The van der Waals surface area contributed by atoms with Gasteiger partial charge in [0.1, 0.15) is 6.04 Å². The topological polar surface area (TPSA) is 134 Å². The van der Waals surface area contributed by atoms with Crippen LogP contribution in [0.2, 0.25) is 5.02 Å². The number of hydrogen-bond acceptors (Lipinski definition) is 4. The molecule has 8 nitrogen and oxygen atoms in total. The number of nitrogens with one attached hydrogen (secondary N) is 3. The van der Waals surface area contributed by atoms with E-state index in [1.165, 1.54) is 24.3 Å². The average Bonchev–Trinajstić information content (AvgIpc) is 3.21. The van der Waals surface area contributed by atoms with Crippen molar-refractivity contribution in [2.24, 2.45) is 5.14 Å². The van der Waals surface area contributed by atoms with Crippen molar-refractivity contribution in [3.8, 4) is 0 Å². The zero-order valence-corrected chi connectivity index (χ0v) is 19.4. The lowest BCUT2D eigenvalue weighted by Crippen LogP contribution is -2.45. The summed E-state index contributed by atoms with van der Waals surface area (Å²) in [4.78, 5) is 29.2. The number of hydrogen-bond donors (Lipinski definition) is 4. The summed E-state index contributed by atoms with van der Waals surface area (Å²) in [6.07, 6.45) is 2.01. The quantitative estimate of drug-likeness (QED) is 0.311. The van der Waals surface area contributed by atoms with E-state index in [0.29, 0.717) is 5.69 Å². The first-order valence-electron chi connectivity index (χ1n) is 10.3. The van der Waals surface area contributed by atoms with E-state index in [2.05, 4.69) is 15.6 Å². The summed E-state index contributed by atoms with van der Waals surface area (Å²) >= 11 is 6.16. The number of aromatic nitrogens is 1. The molecular formula is C24H21ClN4O4S. The van der Waals surface area contributed by atoms with Crippen LogP contribution in [0.1, 0.15) is 15.9 Å². The van der Waals surface area contributed by atoms with Gasteiger partial charge in [0, 0.05) is 29.2 Å². The van der Waals surface area contributed by atoms with Crippen LogP contribution >= 0.6 is 11.6 Å². The summed E-state index contributed by atoms with van der Waals surface area (Å²) in [6, 6.07) is 18.7. The number of rotatable bonds is 7. The van der Waals surface area contributed by atoms with E-state index in [4.69, 9.17) is 16.7 Å². The molecule has 1 heterocycles. The Morgan fingerprint density at radius 1 is 0.971 bits per heavy atom. The molecule has 10 heteroatoms. The maximum Gasteiger partial charge on any atom is 0.253 e. The van der Waals surface area contributed by atoms with Gasteiger partial charge < -0.3 is 15.6 Å². The van der Waals surface area contributed by atoms with Gasteiger partial charge in [0.2, 0.25) is 15.9 Å². The number of fused-ring (bicyclic) bond motifs is 1. The fourth-order valence-electron chi connectivity index (χ4n) is 3.57. The first-order chi connectivity index (χ1) is 16.2. The highest BCUT2D eigenvalue weighted by Crippen LogP contribution is 2.21. The number of H-pyrrole nitrogens is 1. The number of sulfonamides is 1. The van der Waals surface area contributed by atoms with Crippen LogP contribution in [0.4, 0.5) is 5.69 Å². The predicted octanol–water partition coefficient (Wildman–Crippen LogP) is 3.45. The van der Waals surface area contributed by atoms with Crippen LogP contribution in [-0.2, 0) is 21.2 Å². The smallest absolute Gasteiger partial charge is 0.253 e. The molecule has 0 fully saturated rings. The Morgan fingerprint density at radius 3 is 2.35 bits per heavy atom. The van der Waals surface area contributed by atoms with Gasteiger partial charge in [-0.25, -0.2) is 13.6 Å². The number of aromatic amines is 1. The Labute approximate surface area is 201 Å². The average molecular weight is 497 g/mol. The fraction of sp³-hybridized carbons (Fsp3) is 0.0833. The molecule has 34 heavy (non-hydrogen) atoms. The summed E-state index contributed by atoms with van der Waals surface area (Å²) in [7, 11) is -3.86. The van der Waals surface area contributed by atoms with Crippen molar-refractivity contribution >= 4 is 50.0 Å². The number of para-hydroxylation sites is 1. The normalized spacial score (nSPS) is 12.3. The van der Waals surface area contributed by atoms with Crippen molar-refractivity contribution in [2.75, 3.05) is 5.32 Å². The third-order valence-corrected chi connectivity index (χ3v) is 6.55. The Bertz CT molecular complexity index is 1470. The SMILES string of the molecule is NS(=O)(=O)c1ccc(NC(=O)[C@@H](Cc2c[nH]c3ccccc23)NC(=O)c2ccccc2Cl)cc1. The van der Waals surface area contributed by atoms with Gasteiger partial charge in [-0.3, -0.25) is 9.59 Å². The van der Waals surface area contributed by atoms with Crippen molar-refractivity contribution < 1.29 is 18.0 Å². The molecule has 3 aromatic carbocycles. The van der Waals surface area contributed by atoms with Gasteiger partial charge in [-0.1, -0.05) is 41.9 Å². The van der Waals surface area contributed by atoms with E-state index in [-0.39, 0.29) is 21.9 Å². The molecule has 4 rings (SSSR count). The standard InChI is InChI=1S/C24H21ClN4O4S/c25-20-7-3-1-6-19(20)23(30)29-22(13-15-14-27-21-8-4-2-5-18(15)21)24(31)28-16-9-11-17(12-10-16)34(26,32)33/h1-12,14,22,27H,13H2,(H,28,31)(H,29,30)(H2,26,32,33)/t22-/m1/s1. The number of nitrogens with two attached hydrogens (primary N) is 1. The zero-order valence-electron chi connectivity index (χ0n) is 17.8. The molecule has 1 atom stereocenters. The van der Waals surface area contributed by atoms with Crippen LogP contribution in [0.15, 0.2) is 83.9 Å². The molecular weight excluding hydrogens is 476 g/mol. The lowest BCUT2D eigenvalue weighted by atomic mass is 10.0. The van der Waals surface area contributed by atoms with Crippen LogP contribution in [0.3, 0.4) is 0 Å². The summed E-state index contributed by atoms with van der Waals surface area (Å²) in [5, 5.41) is 11.8. The minimum atomic E-state index is -3.86. The van der Waals surface area contributed by atoms with Crippen LogP contribution < -0.4 is 15.8 Å². The summed E-state index contributed by atoms with van der Waals surface area (Å²) in [5.41, 5.74) is 2.36. The van der Waals surface area contributed by atoms with Crippen LogP contribution in [0, 0.1) is 0 Å². The monoisotopic (exact) mass is 496 g/mol. The summed E-state index contributed by atoms with van der Waals surface area (Å²) in [6.45, 7) is 0. The Kier molecular flexibility index (Phi) is 6.69. The molecule has 0 aliphatic rings. The van der Waals surface area contributed by atoms with E-state index >= 15 is 0 Å². The number of primary sulfonamides is 1. The van der Waals surface area contributed by atoms with Crippen molar-refractivity contribution in [3.63, 3.8) is 0 Å². The highest BCUT2D eigenvalue weighted by Gasteiger charge is 2.24. The zero-order chi connectivity index (χ0) is 24.3. The molecule has 0 aliphatic heterocycles. The Balaban J connectivity index is 1.60. The molecule has 0 saturated heterocycles. The van der Waals surface area contributed by atoms with Crippen LogP contribution in [0.25, 0.3) is 10.9 Å². The molecule has 0 spiro atoms. The Hall–Kier alpha value is -3.66. The van der Waals surface area contributed by atoms with Gasteiger partial charge in [0.05, 0.1) is 15.5 Å². The van der Waals surface area contributed by atoms with Crippen LogP contribution in [0.5, 0.6) is 0 Å². The minimum Gasteiger partial charge on any atom is -0.361 e. The summed E-state index contributed by atoms with van der Waals surface area (Å²) < 4.78 is 22.9. The number of benzene rings is 3. The van der Waals surface area contributed by atoms with Gasteiger partial charge in [-0.05, 0) is 48.0 Å². The second-order valence-corrected chi connectivity index (χ2v) is 9.60. The van der Waals surface area contributed by atoms with E-state index in [1.807, 2.05) is 24.3 Å². The molecule has 0 radical (unpaired) electrons. The molecule has 174 valence electrons. The first kappa shape index (κ1) is 23.5. The third kappa shape index (κ3) is 5.28. The molecule has 4 aromatic rings. The highest BCUT2D eigenvalue weighted by molar-refractivity contribution is 7.89. The highest BCUT2D eigenvalue weighted by atomic mass is 35.5. The Morgan fingerprint density at radius 2 is 1.65 bits per heavy atom. The predicted molar refractivity (Wildman–Crippen MR) is 131 cm³/mol. The maximum absolute atomic E-state index is 13.2. The maximum atomic E-state index is 13.2. The number of carbonyl (C=O) groups is 2.